The molecule has 0 atom stereocenters. The summed E-state index contributed by atoms with van der Waals surface area (Å²) in [6, 6.07) is 4.34. The summed E-state index contributed by atoms with van der Waals surface area (Å²) >= 11 is 0. The van der Waals surface area contributed by atoms with E-state index in [1.807, 2.05) is 17.0 Å². The number of nitrogens with zero attached hydrogens (tertiary/aromatic N) is 1. The van der Waals surface area contributed by atoms with E-state index in [0.29, 0.717) is 6.04 Å². The molecule has 0 bridgehead atoms. The van der Waals surface area contributed by atoms with Crippen LogP contribution in [0.1, 0.15) is 25.3 Å². The number of rotatable bonds is 4. The molecule has 2 rings (SSSR count). The smallest absolute Gasteiger partial charge is 0.219 e. The molecule has 5 nitrogen and oxygen atoms in total. The first kappa shape index (κ1) is 15.5. The summed E-state index contributed by atoms with van der Waals surface area (Å²) in [5.41, 5.74) is 2.19. The van der Waals surface area contributed by atoms with Crippen LogP contribution in [0, 0.1) is 6.92 Å². The van der Waals surface area contributed by atoms with Crippen molar-refractivity contribution in [2.75, 3.05) is 32.6 Å². The number of likely N-dealkylation sites (tertiary alicyclic amines) is 1. The molecule has 1 aromatic carbocycles. The standard InChI is InChI=1S/C16H24N2O3/c1-11-9-15(20-3)16(21-4)10-14(11)17-13-5-7-18(8-6-13)12(2)19/h9-10,13,17H,5-8H2,1-4H3. The quantitative estimate of drug-likeness (QED) is 0.926. The molecule has 0 radical (unpaired) electrons. The lowest BCUT2D eigenvalue weighted by Gasteiger charge is -2.32. The monoisotopic (exact) mass is 292 g/mol. The maximum atomic E-state index is 11.3. The number of ether oxygens (including phenoxy) is 2. The van der Waals surface area contributed by atoms with E-state index in [-0.39, 0.29) is 5.91 Å². The van der Waals surface area contributed by atoms with Crippen LogP contribution in [-0.4, -0.2) is 44.2 Å². The first-order valence-electron chi connectivity index (χ1n) is 7.29. The van der Waals surface area contributed by atoms with Crippen LogP contribution in [0.5, 0.6) is 11.5 Å². The zero-order valence-corrected chi connectivity index (χ0v) is 13.2. The van der Waals surface area contributed by atoms with Gasteiger partial charge in [0.05, 0.1) is 14.2 Å². The molecule has 0 aromatic heterocycles. The van der Waals surface area contributed by atoms with Crippen LogP contribution < -0.4 is 14.8 Å². The Bertz CT molecular complexity index is 508. The molecule has 116 valence electrons. The van der Waals surface area contributed by atoms with Crippen molar-refractivity contribution in [3.63, 3.8) is 0 Å². The van der Waals surface area contributed by atoms with Crippen molar-refractivity contribution in [2.24, 2.45) is 0 Å². The number of benzene rings is 1. The van der Waals surface area contributed by atoms with Crippen LogP contribution in [0.3, 0.4) is 0 Å². The van der Waals surface area contributed by atoms with Crippen LogP contribution in [-0.2, 0) is 4.79 Å². The van der Waals surface area contributed by atoms with Crippen molar-refractivity contribution < 1.29 is 14.3 Å². The second kappa shape index (κ2) is 6.70. The Morgan fingerprint density at radius 1 is 1.19 bits per heavy atom. The van der Waals surface area contributed by atoms with Gasteiger partial charge >= 0.3 is 0 Å². The average Bonchev–Trinajstić information content (AvgIpc) is 2.49. The molecule has 5 heteroatoms. The van der Waals surface area contributed by atoms with Crippen LogP contribution in [0.2, 0.25) is 0 Å². The van der Waals surface area contributed by atoms with E-state index in [0.717, 1.165) is 48.7 Å². The van der Waals surface area contributed by atoms with E-state index in [1.54, 1.807) is 21.1 Å². The molecule has 1 heterocycles. The second-order valence-corrected chi connectivity index (χ2v) is 5.45. The molecule has 1 aromatic rings. The number of aryl methyl sites for hydroxylation is 1. The van der Waals surface area contributed by atoms with Crippen molar-refractivity contribution in [2.45, 2.75) is 32.7 Å². The highest BCUT2D eigenvalue weighted by molar-refractivity contribution is 5.73. The predicted molar refractivity (Wildman–Crippen MR) is 83.2 cm³/mol. The summed E-state index contributed by atoms with van der Waals surface area (Å²) in [7, 11) is 3.28. The van der Waals surface area contributed by atoms with Gasteiger partial charge in [-0.1, -0.05) is 0 Å². The van der Waals surface area contributed by atoms with Gasteiger partial charge in [0.1, 0.15) is 0 Å². The van der Waals surface area contributed by atoms with Crippen molar-refractivity contribution in [1.82, 2.24) is 4.90 Å². The molecular formula is C16H24N2O3. The zero-order chi connectivity index (χ0) is 15.4. The number of carbonyl (C=O) groups is 1. The van der Waals surface area contributed by atoms with Gasteiger partial charge in [0.15, 0.2) is 11.5 Å². The number of methoxy groups -OCH3 is 2. The molecular weight excluding hydrogens is 268 g/mol. The summed E-state index contributed by atoms with van der Waals surface area (Å²) in [6.45, 7) is 5.32. The van der Waals surface area contributed by atoms with Gasteiger partial charge in [0.2, 0.25) is 5.91 Å². The Balaban J connectivity index is 2.05. The Hall–Kier alpha value is -1.91. The molecule has 21 heavy (non-hydrogen) atoms. The Morgan fingerprint density at radius 3 is 2.29 bits per heavy atom. The maximum Gasteiger partial charge on any atom is 0.219 e. The van der Waals surface area contributed by atoms with Crippen LogP contribution in [0.4, 0.5) is 5.69 Å². The summed E-state index contributed by atoms with van der Waals surface area (Å²) in [5.74, 6) is 1.63. The van der Waals surface area contributed by atoms with Crippen molar-refractivity contribution in [3.8, 4) is 11.5 Å². The highest BCUT2D eigenvalue weighted by Gasteiger charge is 2.21. The first-order valence-corrected chi connectivity index (χ1v) is 7.29. The SMILES string of the molecule is COc1cc(C)c(NC2CCN(C(C)=O)CC2)cc1OC. The largest absolute Gasteiger partial charge is 0.493 e. The summed E-state index contributed by atoms with van der Waals surface area (Å²) in [4.78, 5) is 13.2. The van der Waals surface area contributed by atoms with Gasteiger partial charge in [0, 0.05) is 37.8 Å². The van der Waals surface area contributed by atoms with Gasteiger partial charge in [-0.25, -0.2) is 0 Å². The normalized spacial score (nSPS) is 15.7. The van der Waals surface area contributed by atoms with Crippen LogP contribution in [0.15, 0.2) is 12.1 Å². The Labute approximate surface area is 126 Å². The summed E-state index contributed by atoms with van der Waals surface area (Å²) in [5, 5.41) is 3.56. The molecule has 1 N–H and O–H groups in total. The molecule has 1 aliphatic heterocycles. The van der Waals surface area contributed by atoms with E-state index in [4.69, 9.17) is 9.47 Å². The van der Waals surface area contributed by atoms with Crippen molar-refractivity contribution >= 4 is 11.6 Å². The molecule has 1 fully saturated rings. The highest BCUT2D eigenvalue weighted by atomic mass is 16.5. The minimum absolute atomic E-state index is 0.163. The lowest BCUT2D eigenvalue weighted by Crippen LogP contribution is -2.41. The zero-order valence-electron chi connectivity index (χ0n) is 13.2. The number of anilines is 1. The lowest BCUT2D eigenvalue weighted by molar-refractivity contribution is -0.129. The Kier molecular flexibility index (Phi) is 4.94. The van der Waals surface area contributed by atoms with Gasteiger partial charge in [-0.15, -0.1) is 0 Å². The second-order valence-electron chi connectivity index (χ2n) is 5.45. The molecule has 0 unspecified atom stereocenters. The number of hydrogen-bond donors (Lipinski definition) is 1. The number of piperidine rings is 1. The molecule has 0 aliphatic carbocycles. The van der Waals surface area contributed by atoms with Crippen LogP contribution in [0.25, 0.3) is 0 Å². The fraction of sp³-hybridized carbons (Fsp3) is 0.562. The molecule has 0 saturated carbocycles. The fourth-order valence-corrected chi connectivity index (χ4v) is 2.69. The fourth-order valence-electron chi connectivity index (χ4n) is 2.69. The summed E-state index contributed by atoms with van der Waals surface area (Å²) < 4.78 is 10.7. The van der Waals surface area contributed by atoms with Crippen molar-refractivity contribution in [3.05, 3.63) is 17.7 Å². The Morgan fingerprint density at radius 2 is 1.76 bits per heavy atom. The van der Waals surface area contributed by atoms with Gasteiger partial charge in [-0.2, -0.15) is 0 Å². The molecule has 0 spiro atoms. The van der Waals surface area contributed by atoms with E-state index in [1.165, 1.54) is 0 Å². The lowest BCUT2D eigenvalue weighted by atomic mass is 10.0. The number of nitrogens with one attached hydrogen (secondary N) is 1. The maximum absolute atomic E-state index is 11.3. The summed E-state index contributed by atoms with van der Waals surface area (Å²) in [6.07, 6.45) is 1.93. The number of carbonyl (C=O) groups excluding carboxylic acids is 1. The van der Waals surface area contributed by atoms with E-state index >= 15 is 0 Å². The van der Waals surface area contributed by atoms with Crippen molar-refractivity contribution in [1.29, 1.82) is 0 Å². The minimum atomic E-state index is 0.163. The van der Waals surface area contributed by atoms with E-state index in [2.05, 4.69) is 12.2 Å². The average molecular weight is 292 g/mol. The van der Waals surface area contributed by atoms with Gasteiger partial charge in [0.25, 0.3) is 0 Å². The minimum Gasteiger partial charge on any atom is -0.493 e. The third-order valence-electron chi connectivity index (χ3n) is 4.03. The van der Waals surface area contributed by atoms with E-state index in [9.17, 15) is 4.79 Å². The van der Waals surface area contributed by atoms with Gasteiger partial charge in [-0.3, -0.25) is 4.79 Å². The number of hydrogen-bond acceptors (Lipinski definition) is 4. The highest BCUT2D eigenvalue weighted by Crippen LogP contribution is 2.33. The topological polar surface area (TPSA) is 50.8 Å². The molecule has 1 saturated heterocycles. The van der Waals surface area contributed by atoms with Gasteiger partial charge < -0.3 is 19.7 Å². The third-order valence-corrected chi connectivity index (χ3v) is 4.03. The predicted octanol–water partition coefficient (Wildman–Crippen LogP) is 2.44. The third kappa shape index (κ3) is 3.60. The molecule has 1 aliphatic rings. The first-order chi connectivity index (χ1) is 10.0. The van der Waals surface area contributed by atoms with Crippen LogP contribution >= 0.6 is 0 Å². The van der Waals surface area contributed by atoms with Gasteiger partial charge in [-0.05, 0) is 31.4 Å². The number of amides is 1. The van der Waals surface area contributed by atoms with E-state index < -0.39 is 0 Å². The molecule has 1 amide bonds.